The number of ether oxygens (including phenoxy) is 1. The number of carbonyl (C=O) groups excluding carboxylic acids is 1. The van der Waals surface area contributed by atoms with Gasteiger partial charge in [0.25, 0.3) is 0 Å². The summed E-state index contributed by atoms with van der Waals surface area (Å²) < 4.78 is 5.94. The van der Waals surface area contributed by atoms with Crippen LogP contribution in [0.2, 0.25) is 0 Å². The Bertz CT molecular complexity index is 390. The van der Waals surface area contributed by atoms with Gasteiger partial charge in [-0.2, -0.15) is 0 Å². The monoisotopic (exact) mass is 326 g/mol. The third-order valence-electron chi connectivity index (χ3n) is 5.80. The van der Waals surface area contributed by atoms with Crippen LogP contribution in [0.15, 0.2) is 0 Å². The zero-order valence-electron chi connectivity index (χ0n) is 15.2. The van der Waals surface area contributed by atoms with Crippen molar-refractivity contribution in [3.8, 4) is 0 Å². The molecule has 0 radical (unpaired) electrons. The Kier molecular flexibility index (Phi) is 6.32. The molecule has 0 bridgehead atoms. The summed E-state index contributed by atoms with van der Waals surface area (Å²) in [6.07, 6.45) is 4.92. The molecule has 5 nitrogen and oxygen atoms in total. The Morgan fingerprint density at radius 2 is 2.04 bits per heavy atom. The average Bonchev–Trinajstić information content (AvgIpc) is 2.53. The summed E-state index contributed by atoms with van der Waals surface area (Å²) in [5, 5.41) is 12.8. The maximum atomic E-state index is 12.4. The second kappa shape index (κ2) is 7.84. The number of aliphatic hydroxyl groups is 1. The molecule has 0 aromatic carbocycles. The Balaban J connectivity index is 1.74. The first-order chi connectivity index (χ1) is 10.9. The molecule has 1 aliphatic heterocycles. The van der Waals surface area contributed by atoms with Gasteiger partial charge < -0.3 is 20.1 Å². The molecule has 5 heteroatoms. The lowest BCUT2D eigenvalue weighted by atomic mass is 9.64. The average molecular weight is 326 g/mol. The van der Waals surface area contributed by atoms with E-state index in [2.05, 4.69) is 26.1 Å². The van der Waals surface area contributed by atoms with Gasteiger partial charge in [0.1, 0.15) is 0 Å². The van der Waals surface area contributed by atoms with E-state index in [0.29, 0.717) is 5.92 Å². The number of hydrogen-bond acceptors (Lipinski definition) is 3. The second-order valence-electron chi connectivity index (χ2n) is 7.84. The highest BCUT2D eigenvalue weighted by atomic mass is 16.5. The predicted octanol–water partition coefficient (Wildman–Crippen LogP) is 2.77. The van der Waals surface area contributed by atoms with Gasteiger partial charge in [-0.05, 0) is 38.5 Å². The van der Waals surface area contributed by atoms with Crippen LogP contribution in [0.25, 0.3) is 0 Å². The quantitative estimate of drug-likeness (QED) is 0.738. The van der Waals surface area contributed by atoms with Gasteiger partial charge in [-0.1, -0.05) is 27.2 Å². The third-order valence-corrected chi connectivity index (χ3v) is 5.80. The third kappa shape index (κ3) is 4.38. The van der Waals surface area contributed by atoms with Crippen molar-refractivity contribution in [3.05, 3.63) is 0 Å². The van der Waals surface area contributed by atoms with Gasteiger partial charge in [-0.15, -0.1) is 0 Å². The van der Waals surface area contributed by atoms with Crippen LogP contribution >= 0.6 is 0 Å². The van der Waals surface area contributed by atoms with E-state index < -0.39 is 0 Å². The number of urea groups is 1. The molecule has 2 aliphatic rings. The van der Waals surface area contributed by atoms with E-state index in [1.807, 2.05) is 11.8 Å². The normalized spacial score (nSPS) is 29.0. The fourth-order valence-corrected chi connectivity index (χ4v) is 3.61. The number of carbonyl (C=O) groups is 1. The van der Waals surface area contributed by atoms with Crippen LogP contribution in [-0.2, 0) is 4.74 Å². The Morgan fingerprint density at radius 3 is 2.57 bits per heavy atom. The highest BCUT2D eigenvalue weighted by Crippen LogP contribution is 2.43. The lowest BCUT2D eigenvalue weighted by Crippen LogP contribution is -2.64. The van der Waals surface area contributed by atoms with Crippen molar-refractivity contribution < 1.29 is 14.6 Å². The van der Waals surface area contributed by atoms with Crippen molar-refractivity contribution in [2.45, 2.75) is 78.0 Å². The van der Waals surface area contributed by atoms with E-state index >= 15 is 0 Å². The standard InChI is InChI=1S/C18H34N2O3/c1-5-6-11-23-16-12-15(18(16,3)4)19-17(22)20-9-7-14(8-10-20)13(2)21/h13-16,21H,5-12H2,1-4H3,(H,19,22). The van der Waals surface area contributed by atoms with Crippen molar-refractivity contribution in [3.63, 3.8) is 0 Å². The summed E-state index contributed by atoms with van der Waals surface area (Å²) in [5.74, 6) is 0.329. The molecule has 0 spiro atoms. The molecule has 2 amide bonds. The van der Waals surface area contributed by atoms with E-state index in [9.17, 15) is 9.90 Å². The fourth-order valence-electron chi connectivity index (χ4n) is 3.61. The van der Waals surface area contributed by atoms with Gasteiger partial charge in [-0.25, -0.2) is 4.79 Å². The molecule has 1 aliphatic carbocycles. The zero-order valence-corrected chi connectivity index (χ0v) is 15.2. The van der Waals surface area contributed by atoms with Gasteiger partial charge in [0.05, 0.1) is 12.2 Å². The molecular weight excluding hydrogens is 292 g/mol. The fraction of sp³-hybridized carbons (Fsp3) is 0.944. The van der Waals surface area contributed by atoms with Crippen LogP contribution in [0, 0.1) is 11.3 Å². The number of likely N-dealkylation sites (tertiary alicyclic amines) is 1. The summed E-state index contributed by atoms with van der Waals surface area (Å²) >= 11 is 0. The maximum Gasteiger partial charge on any atom is 0.317 e. The molecule has 2 rings (SSSR count). The minimum atomic E-state index is -0.271. The minimum Gasteiger partial charge on any atom is -0.393 e. The SMILES string of the molecule is CCCCOC1CC(NC(=O)N2CCC(C(C)O)CC2)C1(C)C. The lowest BCUT2D eigenvalue weighted by molar-refractivity contribution is -0.115. The van der Waals surface area contributed by atoms with Crippen LogP contribution in [0.3, 0.4) is 0 Å². The van der Waals surface area contributed by atoms with Crippen molar-refractivity contribution in [1.82, 2.24) is 10.2 Å². The summed E-state index contributed by atoms with van der Waals surface area (Å²) in [6.45, 7) is 10.7. The number of aliphatic hydroxyl groups excluding tert-OH is 1. The van der Waals surface area contributed by atoms with Crippen LogP contribution in [-0.4, -0.2) is 54.0 Å². The van der Waals surface area contributed by atoms with Gasteiger partial charge in [0.2, 0.25) is 0 Å². The topological polar surface area (TPSA) is 61.8 Å². The Hall–Kier alpha value is -0.810. The summed E-state index contributed by atoms with van der Waals surface area (Å²) in [7, 11) is 0. The Morgan fingerprint density at radius 1 is 1.39 bits per heavy atom. The van der Waals surface area contributed by atoms with E-state index in [1.54, 1.807) is 0 Å². The number of unbranched alkanes of at least 4 members (excludes halogenated alkanes) is 1. The number of rotatable bonds is 6. The molecule has 3 unspecified atom stereocenters. The second-order valence-corrected chi connectivity index (χ2v) is 7.84. The molecule has 3 atom stereocenters. The van der Waals surface area contributed by atoms with E-state index in [0.717, 1.165) is 51.8 Å². The van der Waals surface area contributed by atoms with Crippen LogP contribution < -0.4 is 5.32 Å². The molecular formula is C18H34N2O3. The van der Waals surface area contributed by atoms with Gasteiger partial charge >= 0.3 is 6.03 Å². The highest BCUT2D eigenvalue weighted by molar-refractivity contribution is 5.75. The van der Waals surface area contributed by atoms with Crippen molar-refractivity contribution in [2.24, 2.45) is 11.3 Å². The number of piperidine rings is 1. The summed E-state index contributed by atoms with van der Waals surface area (Å²) in [6, 6.07) is 0.232. The molecule has 1 saturated carbocycles. The molecule has 2 fully saturated rings. The van der Waals surface area contributed by atoms with Crippen molar-refractivity contribution >= 4 is 6.03 Å². The van der Waals surface area contributed by atoms with Gasteiger partial charge in [0.15, 0.2) is 0 Å². The highest BCUT2D eigenvalue weighted by Gasteiger charge is 2.50. The van der Waals surface area contributed by atoms with Crippen molar-refractivity contribution in [1.29, 1.82) is 0 Å². The number of hydrogen-bond donors (Lipinski definition) is 2. The lowest BCUT2D eigenvalue weighted by Gasteiger charge is -2.52. The van der Waals surface area contributed by atoms with Crippen LogP contribution in [0.4, 0.5) is 4.79 Å². The first-order valence-corrected chi connectivity index (χ1v) is 9.21. The largest absolute Gasteiger partial charge is 0.393 e. The number of nitrogens with one attached hydrogen (secondary N) is 1. The van der Waals surface area contributed by atoms with Crippen LogP contribution in [0.1, 0.15) is 59.8 Å². The number of nitrogens with zero attached hydrogens (tertiary/aromatic N) is 1. The minimum absolute atomic E-state index is 0.00133. The molecule has 1 saturated heterocycles. The Labute approximate surface area is 140 Å². The molecule has 1 heterocycles. The van der Waals surface area contributed by atoms with E-state index in [1.165, 1.54) is 0 Å². The zero-order chi connectivity index (χ0) is 17.0. The molecule has 23 heavy (non-hydrogen) atoms. The molecule has 0 aromatic rings. The number of amides is 2. The molecule has 134 valence electrons. The maximum absolute atomic E-state index is 12.4. The first kappa shape index (κ1) is 18.5. The smallest absolute Gasteiger partial charge is 0.317 e. The van der Waals surface area contributed by atoms with Gasteiger partial charge in [-0.3, -0.25) is 0 Å². The van der Waals surface area contributed by atoms with E-state index in [-0.39, 0.29) is 29.7 Å². The molecule has 0 aromatic heterocycles. The van der Waals surface area contributed by atoms with E-state index in [4.69, 9.17) is 4.74 Å². The molecule has 2 N–H and O–H groups in total. The predicted molar refractivity (Wildman–Crippen MR) is 91.3 cm³/mol. The van der Waals surface area contributed by atoms with Crippen LogP contribution in [0.5, 0.6) is 0 Å². The van der Waals surface area contributed by atoms with Crippen molar-refractivity contribution in [2.75, 3.05) is 19.7 Å². The summed E-state index contributed by atoms with van der Waals surface area (Å²) in [5.41, 5.74) is 0.00133. The van der Waals surface area contributed by atoms with Gasteiger partial charge in [0, 0.05) is 31.2 Å². The summed E-state index contributed by atoms with van der Waals surface area (Å²) in [4.78, 5) is 14.3. The first-order valence-electron chi connectivity index (χ1n) is 9.21.